The predicted molar refractivity (Wildman–Crippen MR) is 226 cm³/mol. The zero-order valence-electron chi connectivity index (χ0n) is 35.0. The Morgan fingerprint density at radius 3 is 1.58 bits per heavy atom. The van der Waals surface area contributed by atoms with Crippen molar-refractivity contribution in [2.45, 2.75) is 206 Å². The maximum absolute atomic E-state index is 12.6. The minimum Gasteiger partial charge on any atom is -0.480 e. The average molecular weight is 800 g/mol. The Labute approximate surface area is 336 Å². The largest absolute Gasteiger partial charge is 0.480 e. The Bertz CT molecular complexity index is 1020. The number of esters is 1. The van der Waals surface area contributed by atoms with Gasteiger partial charge < -0.3 is 25.2 Å². The van der Waals surface area contributed by atoms with Crippen molar-refractivity contribution < 1.29 is 42.7 Å². The van der Waals surface area contributed by atoms with Gasteiger partial charge in [0.1, 0.15) is 12.1 Å². The van der Waals surface area contributed by atoms with Crippen molar-refractivity contribution in [1.29, 1.82) is 0 Å². The molecule has 0 saturated carbocycles. The van der Waals surface area contributed by atoms with Gasteiger partial charge in [0.2, 0.25) is 0 Å². The zero-order chi connectivity index (χ0) is 40.5. The van der Waals surface area contributed by atoms with Crippen LogP contribution in [0.2, 0.25) is 0 Å². The number of hydrogen-bond donors (Lipinski definition) is 3. The van der Waals surface area contributed by atoms with Crippen LogP contribution in [0.15, 0.2) is 36.5 Å². The number of ether oxygens (including phenoxy) is 2. The SMILES string of the molecule is CC/C=C\C/C=C\C/C=C\CCCCCCCC(=O)OC(COCCCCCCCCCCCCCCCCCCCC)COP(=O)(O)OCC(N)C(=O)O. The van der Waals surface area contributed by atoms with E-state index in [4.69, 9.17) is 29.4 Å². The Morgan fingerprint density at radius 2 is 1.05 bits per heavy atom. The van der Waals surface area contributed by atoms with E-state index in [1.807, 2.05) is 0 Å². The van der Waals surface area contributed by atoms with E-state index >= 15 is 0 Å². The van der Waals surface area contributed by atoms with Crippen molar-refractivity contribution in [3.8, 4) is 0 Å². The lowest BCUT2D eigenvalue weighted by atomic mass is 10.0. The summed E-state index contributed by atoms with van der Waals surface area (Å²) in [5, 5.41) is 8.89. The van der Waals surface area contributed by atoms with Crippen molar-refractivity contribution in [2.75, 3.05) is 26.4 Å². The fraction of sp³-hybridized carbons (Fsp3) is 0.818. The van der Waals surface area contributed by atoms with E-state index in [1.54, 1.807) is 0 Å². The van der Waals surface area contributed by atoms with Crippen LogP contribution in [0.4, 0.5) is 0 Å². The highest BCUT2D eigenvalue weighted by atomic mass is 31.2. The first-order valence-electron chi connectivity index (χ1n) is 22.0. The predicted octanol–water partition coefficient (Wildman–Crippen LogP) is 12.1. The number of carbonyl (C=O) groups is 2. The van der Waals surface area contributed by atoms with Crippen molar-refractivity contribution in [2.24, 2.45) is 5.73 Å². The van der Waals surface area contributed by atoms with E-state index in [1.165, 1.54) is 96.3 Å². The van der Waals surface area contributed by atoms with Crippen LogP contribution in [0.3, 0.4) is 0 Å². The van der Waals surface area contributed by atoms with Gasteiger partial charge >= 0.3 is 19.8 Å². The molecule has 4 N–H and O–H groups in total. The topological polar surface area (TPSA) is 155 Å². The van der Waals surface area contributed by atoms with Crippen LogP contribution in [-0.2, 0) is 32.7 Å². The zero-order valence-corrected chi connectivity index (χ0v) is 35.9. The van der Waals surface area contributed by atoms with Crippen LogP contribution < -0.4 is 5.73 Å². The Morgan fingerprint density at radius 1 is 0.600 bits per heavy atom. The summed E-state index contributed by atoms with van der Waals surface area (Å²) >= 11 is 0. The lowest BCUT2D eigenvalue weighted by molar-refractivity contribution is -0.154. The molecule has 0 rings (SSSR count). The maximum Gasteiger partial charge on any atom is 0.472 e. The van der Waals surface area contributed by atoms with Gasteiger partial charge in [-0.3, -0.25) is 18.6 Å². The third-order valence-electron chi connectivity index (χ3n) is 9.43. The molecule has 0 bridgehead atoms. The third-order valence-corrected chi connectivity index (χ3v) is 10.4. The standard InChI is InChI=1S/C44H82NO9P/c1-3-5-7-9-11-13-15-17-19-20-21-23-25-27-29-31-33-35-37-51-38-41(39-52-55(49,50)53-40-42(45)44(47)48)54-43(46)36-34-32-30-28-26-24-22-18-16-14-12-10-8-6-4-2/h6,8,12,14,18,22,41-42H,3-5,7,9-11,13,15-17,19-21,23-40,45H2,1-2H3,(H,47,48)(H,49,50)/b8-6-,14-12-,22-18-. The van der Waals surface area contributed by atoms with Crippen LogP contribution in [-0.4, -0.2) is 60.5 Å². The monoisotopic (exact) mass is 800 g/mol. The molecule has 11 heteroatoms. The molecule has 0 aliphatic carbocycles. The molecule has 10 nitrogen and oxygen atoms in total. The summed E-state index contributed by atoms with van der Waals surface area (Å²) in [5.41, 5.74) is 5.35. The van der Waals surface area contributed by atoms with Gasteiger partial charge in [-0.05, 0) is 44.9 Å². The number of aliphatic carboxylic acids is 1. The highest BCUT2D eigenvalue weighted by Gasteiger charge is 2.27. The second-order valence-electron chi connectivity index (χ2n) is 14.8. The Balaban J connectivity index is 4.22. The first-order chi connectivity index (χ1) is 26.7. The van der Waals surface area contributed by atoms with E-state index < -0.39 is 45.1 Å². The molecule has 0 fully saturated rings. The van der Waals surface area contributed by atoms with E-state index in [9.17, 15) is 19.0 Å². The lowest BCUT2D eigenvalue weighted by Gasteiger charge is -2.20. The Kier molecular flexibility index (Phi) is 39.1. The van der Waals surface area contributed by atoms with E-state index in [-0.39, 0.29) is 13.0 Å². The minimum absolute atomic E-state index is 0.0125. The summed E-state index contributed by atoms with van der Waals surface area (Å²) in [6, 6.07) is -1.47. The van der Waals surface area contributed by atoms with Crippen molar-refractivity contribution in [3.63, 3.8) is 0 Å². The number of allylic oxidation sites excluding steroid dienone is 6. The second-order valence-corrected chi connectivity index (χ2v) is 16.3. The molecule has 0 amide bonds. The van der Waals surface area contributed by atoms with Crippen LogP contribution in [0.5, 0.6) is 0 Å². The summed E-state index contributed by atoms with van der Waals surface area (Å²) in [4.78, 5) is 33.5. The summed E-state index contributed by atoms with van der Waals surface area (Å²) in [7, 11) is -4.62. The van der Waals surface area contributed by atoms with Crippen LogP contribution in [0, 0.1) is 0 Å². The van der Waals surface area contributed by atoms with E-state index in [0.717, 1.165) is 70.6 Å². The molecular formula is C44H82NO9P. The van der Waals surface area contributed by atoms with Crippen molar-refractivity contribution in [3.05, 3.63) is 36.5 Å². The van der Waals surface area contributed by atoms with E-state index in [0.29, 0.717) is 13.0 Å². The minimum atomic E-state index is -4.62. The quantitative estimate of drug-likeness (QED) is 0.0235. The molecule has 322 valence electrons. The molecule has 0 aromatic heterocycles. The van der Waals surface area contributed by atoms with Crippen LogP contribution >= 0.6 is 7.82 Å². The summed E-state index contributed by atoms with van der Waals surface area (Å²) in [6.07, 6.45) is 44.8. The molecule has 3 unspecified atom stereocenters. The lowest BCUT2D eigenvalue weighted by Crippen LogP contribution is -2.34. The number of unbranched alkanes of at least 4 members (excludes halogenated alkanes) is 22. The fourth-order valence-corrected chi connectivity index (χ4v) is 6.81. The number of carbonyl (C=O) groups excluding carboxylic acids is 1. The maximum atomic E-state index is 12.6. The molecule has 0 aromatic rings. The second kappa shape index (κ2) is 40.4. The van der Waals surface area contributed by atoms with Crippen LogP contribution in [0.1, 0.15) is 194 Å². The molecule has 0 aliphatic rings. The van der Waals surface area contributed by atoms with Gasteiger partial charge in [0.25, 0.3) is 0 Å². The van der Waals surface area contributed by atoms with Gasteiger partial charge in [0.15, 0.2) is 0 Å². The molecule has 3 atom stereocenters. The van der Waals surface area contributed by atoms with Gasteiger partial charge in [0, 0.05) is 13.0 Å². The normalized spacial score (nSPS) is 14.3. The summed E-state index contributed by atoms with van der Waals surface area (Å²) in [5.74, 6) is -1.79. The van der Waals surface area contributed by atoms with Gasteiger partial charge in [0.05, 0.1) is 19.8 Å². The molecular weight excluding hydrogens is 717 g/mol. The number of hydrogen-bond acceptors (Lipinski definition) is 8. The fourth-order valence-electron chi connectivity index (χ4n) is 6.03. The number of phosphoric ester groups is 1. The van der Waals surface area contributed by atoms with Gasteiger partial charge in [-0.2, -0.15) is 0 Å². The third kappa shape index (κ3) is 40.2. The summed E-state index contributed by atoms with van der Waals surface area (Å²) in [6.45, 7) is 3.77. The number of rotatable bonds is 42. The number of nitrogens with two attached hydrogens (primary N) is 1. The highest BCUT2D eigenvalue weighted by Crippen LogP contribution is 2.43. The molecule has 0 saturated heterocycles. The van der Waals surface area contributed by atoms with Crippen molar-refractivity contribution >= 4 is 19.8 Å². The van der Waals surface area contributed by atoms with E-state index in [2.05, 4.69) is 50.3 Å². The summed E-state index contributed by atoms with van der Waals surface area (Å²) < 4.78 is 33.3. The number of carboxylic acid groups (broad SMARTS) is 1. The first-order valence-corrected chi connectivity index (χ1v) is 23.5. The Hall–Kier alpha value is -1.81. The van der Waals surface area contributed by atoms with Gasteiger partial charge in [-0.15, -0.1) is 0 Å². The highest BCUT2D eigenvalue weighted by molar-refractivity contribution is 7.47. The number of carboxylic acids is 1. The smallest absolute Gasteiger partial charge is 0.472 e. The molecule has 55 heavy (non-hydrogen) atoms. The van der Waals surface area contributed by atoms with Crippen LogP contribution in [0.25, 0.3) is 0 Å². The first kappa shape index (κ1) is 53.2. The number of phosphoric acid groups is 1. The molecule has 0 heterocycles. The molecule has 0 spiro atoms. The van der Waals surface area contributed by atoms with Crippen molar-refractivity contribution in [1.82, 2.24) is 0 Å². The molecule has 0 aromatic carbocycles. The molecule has 0 radical (unpaired) electrons. The van der Waals surface area contributed by atoms with Gasteiger partial charge in [-0.25, -0.2) is 4.57 Å². The molecule has 0 aliphatic heterocycles. The van der Waals surface area contributed by atoms with Gasteiger partial charge in [-0.1, -0.05) is 179 Å². The average Bonchev–Trinajstić information content (AvgIpc) is 3.16.